The lowest BCUT2D eigenvalue weighted by Gasteiger charge is -2.54. The molecule has 0 aromatic carbocycles. The van der Waals surface area contributed by atoms with Crippen LogP contribution in [0.1, 0.15) is 40.0 Å². The van der Waals surface area contributed by atoms with Crippen LogP contribution in [-0.2, 0) is 34.6 Å². The second-order valence-corrected chi connectivity index (χ2v) is 11.3. The summed E-state index contributed by atoms with van der Waals surface area (Å²) >= 11 is 0. The number of rotatable bonds is 3. The maximum atomic E-state index is 12.8. The Labute approximate surface area is 166 Å². The Morgan fingerprint density at radius 3 is 2.61 bits per heavy atom. The average molecular weight is 410 g/mol. The molecular formula is C20H26O7S. The first-order chi connectivity index (χ1) is 13.0. The zero-order valence-corrected chi connectivity index (χ0v) is 17.3. The number of carbonyl (C=O) groups excluding carboxylic acids is 2. The molecule has 7 nitrogen and oxygen atoms in total. The third-order valence-corrected chi connectivity index (χ3v) is 8.76. The molecule has 5 rings (SSSR count). The Morgan fingerprint density at radius 1 is 1.25 bits per heavy atom. The van der Waals surface area contributed by atoms with E-state index in [0.29, 0.717) is 0 Å². The van der Waals surface area contributed by atoms with Gasteiger partial charge in [0.25, 0.3) is 0 Å². The van der Waals surface area contributed by atoms with Gasteiger partial charge in [-0.3, -0.25) is 9.00 Å². The topological polar surface area (TPSA) is 102 Å². The minimum atomic E-state index is -1.53. The molecule has 3 heterocycles. The minimum absolute atomic E-state index is 0.0433. The molecule has 4 fully saturated rings. The summed E-state index contributed by atoms with van der Waals surface area (Å²) in [6.45, 7) is 5.57. The second kappa shape index (κ2) is 5.26. The zero-order chi connectivity index (χ0) is 20.3. The highest BCUT2D eigenvalue weighted by atomic mass is 32.2. The molecule has 2 saturated carbocycles. The molecule has 2 aliphatic carbocycles. The van der Waals surface area contributed by atoms with Crippen molar-refractivity contribution in [2.24, 2.45) is 16.7 Å². The number of fused-ring (bicyclic) bond motifs is 2. The van der Waals surface area contributed by atoms with E-state index in [1.807, 2.05) is 6.92 Å². The van der Waals surface area contributed by atoms with Crippen LogP contribution in [0, 0.1) is 16.7 Å². The van der Waals surface area contributed by atoms with Gasteiger partial charge in [-0.25, -0.2) is 4.79 Å². The summed E-state index contributed by atoms with van der Waals surface area (Å²) in [6, 6.07) is 0. The average Bonchev–Trinajstić information content (AvgIpc) is 3.22. The van der Waals surface area contributed by atoms with Crippen LogP contribution in [0.4, 0.5) is 0 Å². The smallest absolute Gasteiger partial charge is 0.331 e. The number of ether oxygens (including phenoxy) is 3. The monoisotopic (exact) mass is 410 g/mol. The van der Waals surface area contributed by atoms with Crippen LogP contribution in [0.5, 0.6) is 0 Å². The van der Waals surface area contributed by atoms with Gasteiger partial charge in [0.15, 0.2) is 11.7 Å². The fourth-order valence-corrected chi connectivity index (χ4v) is 7.84. The van der Waals surface area contributed by atoms with Crippen molar-refractivity contribution in [3.05, 3.63) is 11.6 Å². The number of esters is 2. The first-order valence-electron chi connectivity index (χ1n) is 9.81. The lowest BCUT2D eigenvalue weighted by atomic mass is 9.47. The highest BCUT2D eigenvalue weighted by Gasteiger charge is 2.84. The molecule has 3 aliphatic heterocycles. The van der Waals surface area contributed by atoms with Gasteiger partial charge < -0.3 is 19.3 Å². The Morgan fingerprint density at radius 2 is 1.93 bits per heavy atom. The van der Waals surface area contributed by atoms with Crippen molar-refractivity contribution >= 4 is 22.7 Å². The molecule has 5 aliphatic rings. The SMILES string of the molecule is CS(=O)CC(C)(O)[C@H]1OC(=O)C=C2[C@@]13O[C@@H]3[C@H]1OC(=O)[C@@]3(C)CCC[C@@]2(C)[C@@H]13. The first kappa shape index (κ1) is 18.8. The van der Waals surface area contributed by atoms with Crippen LogP contribution in [-0.4, -0.2) is 62.8 Å². The minimum Gasteiger partial charge on any atom is -0.459 e. The molecule has 0 amide bonds. The molecule has 2 unspecified atom stereocenters. The highest BCUT2D eigenvalue weighted by Crippen LogP contribution is 2.73. The predicted octanol–water partition coefficient (Wildman–Crippen LogP) is 0.857. The van der Waals surface area contributed by atoms with E-state index in [1.54, 1.807) is 0 Å². The number of carbonyl (C=O) groups is 2. The Hall–Kier alpha value is -1.25. The summed E-state index contributed by atoms with van der Waals surface area (Å²) in [6.07, 6.45) is 3.53. The van der Waals surface area contributed by atoms with Gasteiger partial charge in [0.05, 0.1) is 11.2 Å². The Kier molecular flexibility index (Phi) is 3.53. The van der Waals surface area contributed by atoms with Crippen molar-refractivity contribution in [3.8, 4) is 0 Å². The van der Waals surface area contributed by atoms with Gasteiger partial charge in [0.2, 0.25) is 0 Å². The normalized spacial score (nSPS) is 51.5. The van der Waals surface area contributed by atoms with Crippen molar-refractivity contribution in [3.63, 3.8) is 0 Å². The van der Waals surface area contributed by atoms with Crippen LogP contribution in [0.3, 0.4) is 0 Å². The molecule has 0 aromatic rings. The maximum absolute atomic E-state index is 12.8. The Balaban J connectivity index is 1.66. The van der Waals surface area contributed by atoms with E-state index in [1.165, 1.54) is 19.3 Å². The summed E-state index contributed by atoms with van der Waals surface area (Å²) in [7, 11) is -1.29. The van der Waals surface area contributed by atoms with E-state index in [4.69, 9.17) is 14.2 Å². The van der Waals surface area contributed by atoms with Crippen molar-refractivity contribution in [1.29, 1.82) is 0 Å². The highest BCUT2D eigenvalue weighted by molar-refractivity contribution is 7.84. The number of cyclic esters (lactones) is 1. The van der Waals surface area contributed by atoms with Crippen molar-refractivity contribution in [2.45, 2.75) is 69.5 Å². The van der Waals surface area contributed by atoms with Crippen molar-refractivity contribution < 1.29 is 33.1 Å². The third-order valence-electron chi connectivity index (χ3n) is 7.77. The largest absolute Gasteiger partial charge is 0.459 e. The predicted molar refractivity (Wildman–Crippen MR) is 98.6 cm³/mol. The van der Waals surface area contributed by atoms with E-state index in [-0.39, 0.29) is 17.6 Å². The van der Waals surface area contributed by atoms with Gasteiger partial charge in [0.1, 0.15) is 17.8 Å². The van der Waals surface area contributed by atoms with Crippen molar-refractivity contribution in [2.75, 3.05) is 12.0 Å². The maximum Gasteiger partial charge on any atom is 0.331 e. The van der Waals surface area contributed by atoms with Gasteiger partial charge in [0, 0.05) is 29.0 Å². The molecule has 0 aromatic heterocycles. The lowest BCUT2D eigenvalue weighted by molar-refractivity contribution is -0.169. The summed E-state index contributed by atoms with van der Waals surface area (Å²) < 4.78 is 29.5. The van der Waals surface area contributed by atoms with Gasteiger partial charge in [-0.1, -0.05) is 13.3 Å². The molecule has 2 saturated heterocycles. The molecule has 1 spiro atoms. The van der Waals surface area contributed by atoms with Crippen LogP contribution >= 0.6 is 0 Å². The molecule has 1 N–H and O–H groups in total. The number of epoxide rings is 1. The van der Waals surface area contributed by atoms with E-state index in [0.717, 1.165) is 24.8 Å². The van der Waals surface area contributed by atoms with E-state index in [2.05, 4.69) is 6.92 Å². The van der Waals surface area contributed by atoms with Crippen LogP contribution in [0.2, 0.25) is 0 Å². The summed E-state index contributed by atoms with van der Waals surface area (Å²) in [5.41, 5.74) is -2.81. The van der Waals surface area contributed by atoms with Gasteiger partial charge >= 0.3 is 11.9 Å². The van der Waals surface area contributed by atoms with Gasteiger partial charge in [-0.15, -0.1) is 0 Å². The number of hydrogen-bond donors (Lipinski definition) is 1. The second-order valence-electron chi connectivity index (χ2n) is 9.82. The lowest BCUT2D eigenvalue weighted by Crippen LogP contribution is -2.64. The molecule has 154 valence electrons. The first-order valence-corrected chi connectivity index (χ1v) is 11.5. The molecular weight excluding hydrogens is 384 g/mol. The summed E-state index contributed by atoms with van der Waals surface area (Å²) in [5.74, 6) is -0.856. The van der Waals surface area contributed by atoms with Gasteiger partial charge in [-0.05, 0) is 37.7 Å². The summed E-state index contributed by atoms with van der Waals surface area (Å²) in [5, 5.41) is 11.1. The fraction of sp³-hybridized carbons (Fsp3) is 0.800. The Bertz CT molecular complexity index is 849. The molecule has 28 heavy (non-hydrogen) atoms. The van der Waals surface area contributed by atoms with E-state index >= 15 is 0 Å². The number of hydrogen-bond acceptors (Lipinski definition) is 7. The fourth-order valence-electron chi connectivity index (χ4n) is 6.87. The molecule has 0 bridgehead atoms. The number of aliphatic hydroxyl groups is 1. The van der Waals surface area contributed by atoms with Crippen LogP contribution < -0.4 is 0 Å². The van der Waals surface area contributed by atoms with E-state index < -0.39 is 57.1 Å². The third kappa shape index (κ3) is 2.04. The molecule has 0 radical (unpaired) electrons. The van der Waals surface area contributed by atoms with Gasteiger partial charge in [-0.2, -0.15) is 0 Å². The van der Waals surface area contributed by atoms with Crippen molar-refractivity contribution in [1.82, 2.24) is 0 Å². The van der Waals surface area contributed by atoms with E-state index in [9.17, 15) is 18.9 Å². The quantitative estimate of drug-likeness (QED) is 0.544. The summed E-state index contributed by atoms with van der Waals surface area (Å²) in [4.78, 5) is 25.3. The zero-order valence-electron chi connectivity index (χ0n) is 16.5. The molecule has 9 atom stereocenters. The van der Waals surface area contributed by atoms with Crippen LogP contribution in [0.25, 0.3) is 0 Å². The molecule has 8 heteroatoms. The van der Waals surface area contributed by atoms with Crippen LogP contribution in [0.15, 0.2) is 11.6 Å². The standard InChI is InChI=1S/C20H26O7S/c1-17-6-5-7-18(2)13(17)12(26-16(18)22)14-20(27-14)10(17)8-11(21)25-15(20)19(3,23)9-28(4)24/h8,12-15,23H,5-7,9H2,1-4H3/t12-,13+,14+,15+,17+,18-,19?,20-,28?/m0/s1.